The number of anilines is 1. The lowest BCUT2D eigenvalue weighted by molar-refractivity contribution is -0.106. The van der Waals surface area contributed by atoms with Crippen molar-refractivity contribution in [3.63, 3.8) is 0 Å². The maximum atomic E-state index is 10.2. The number of hydrogen-bond acceptors (Lipinski definition) is 5. The van der Waals surface area contributed by atoms with Gasteiger partial charge in [-0.2, -0.15) is 0 Å². The zero-order valence-electron chi connectivity index (χ0n) is 7.55. The summed E-state index contributed by atoms with van der Waals surface area (Å²) in [5.74, 6) is 0.616. The van der Waals surface area contributed by atoms with Crippen LogP contribution >= 0.6 is 30.3 Å². The van der Waals surface area contributed by atoms with Gasteiger partial charge in [0.2, 0.25) is 0 Å². The summed E-state index contributed by atoms with van der Waals surface area (Å²) in [7, 11) is 1.54. The molecule has 2 rings (SSSR count). The fourth-order valence-electron chi connectivity index (χ4n) is 1.17. The Morgan fingerprint density at radius 2 is 2.53 bits per heavy atom. The molecular formula is C8H7IN4OS. The van der Waals surface area contributed by atoms with Crippen LogP contribution < -0.4 is 5.32 Å². The lowest BCUT2D eigenvalue weighted by atomic mass is 10.5. The van der Waals surface area contributed by atoms with Gasteiger partial charge in [0.1, 0.15) is 17.6 Å². The number of aromatic nitrogens is 3. The Bertz CT molecular complexity index is 486. The largest absolute Gasteiger partial charge is 0.362 e. The van der Waals surface area contributed by atoms with E-state index in [2.05, 4.69) is 36.5 Å². The molecule has 2 heterocycles. The molecule has 0 aliphatic rings. The van der Waals surface area contributed by atoms with Gasteiger partial charge in [-0.25, -0.2) is 9.97 Å². The van der Waals surface area contributed by atoms with Crippen LogP contribution in [0.15, 0.2) is 18.5 Å². The molecule has 0 bridgehead atoms. The molecule has 0 aliphatic heterocycles. The first kappa shape index (κ1) is 10.7. The van der Waals surface area contributed by atoms with Gasteiger partial charge in [0.25, 0.3) is 0 Å². The highest BCUT2D eigenvalue weighted by Crippen LogP contribution is 2.22. The van der Waals surface area contributed by atoms with Crippen LogP contribution in [0.1, 0.15) is 0 Å². The second kappa shape index (κ2) is 4.79. The summed E-state index contributed by atoms with van der Waals surface area (Å²) in [6.45, 7) is 0.252. The monoisotopic (exact) mass is 334 g/mol. The summed E-state index contributed by atoms with van der Waals surface area (Å²) in [6, 6.07) is 1.89. The summed E-state index contributed by atoms with van der Waals surface area (Å²) in [4.78, 5) is 18.7. The second-order valence-electron chi connectivity index (χ2n) is 2.72. The Morgan fingerprint density at radius 3 is 3.27 bits per heavy atom. The van der Waals surface area contributed by atoms with Crippen molar-refractivity contribution in [1.82, 2.24) is 13.9 Å². The molecule has 0 amide bonds. The average Bonchev–Trinajstić information content (AvgIpc) is 2.68. The molecule has 1 N–H and O–H groups in total. The summed E-state index contributed by atoms with van der Waals surface area (Å²) in [5, 5.41) is 2.85. The predicted octanol–water partition coefficient (Wildman–Crippen LogP) is 1.89. The number of halogens is 1. The van der Waals surface area contributed by atoms with E-state index in [1.54, 1.807) is 6.20 Å². The Balaban J connectivity index is 2.35. The third-order valence-corrected chi connectivity index (χ3v) is 3.51. The lowest BCUT2D eigenvalue weighted by Crippen LogP contribution is -2.04. The summed E-state index contributed by atoms with van der Waals surface area (Å²) >= 11 is 2.18. The van der Waals surface area contributed by atoms with Gasteiger partial charge >= 0.3 is 0 Å². The number of rotatable bonds is 4. The lowest BCUT2D eigenvalue weighted by Gasteiger charge is -2.01. The molecule has 0 spiro atoms. The number of nitrogens with zero attached hydrogens (tertiary/aromatic N) is 3. The molecule has 2 aromatic rings. The van der Waals surface area contributed by atoms with Gasteiger partial charge in [0.05, 0.1) is 12.7 Å². The Kier molecular flexibility index (Phi) is 3.41. The topological polar surface area (TPSA) is 59.8 Å². The highest BCUT2D eigenvalue weighted by atomic mass is 127. The molecule has 7 heteroatoms. The number of hydrogen-bond donors (Lipinski definition) is 1. The summed E-state index contributed by atoms with van der Waals surface area (Å²) in [6.07, 6.45) is 4.32. The van der Waals surface area contributed by atoms with Gasteiger partial charge in [0.15, 0.2) is 5.65 Å². The molecule has 0 aromatic carbocycles. The minimum Gasteiger partial charge on any atom is -0.362 e. The average molecular weight is 334 g/mol. The van der Waals surface area contributed by atoms with E-state index in [1.807, 2.05) is 16.2 Å². The molecule has 0 radical (unpaired) electrons. The SMILES string of the molecule is O=CCNc1cnc2c(ccn2SI)n1. The van der Waals surface area contributed by atoms with Crippen LogP contribution in [0.2, 0.25) is 0 Å². The minimum atomic E-state index is 0.252. The van der Waals surface area contributed by atoms with E-state index in [1.165, 1.54) is 9.12 Å². The molecule has 0 saturated carbocycles. The predicted molar refractivity (Wildman–Crippen MR) is 69.1 cm³/mol. The summed E-state index contributed by atoms with van der Waals surface area (Å²) < 4.78 is 1.92. The minimum absolute atomic E-state index is 0.252. The molecule has 0 fully saturated rings. The van der Waals surface area contributed by atoms with Gasteiger partial charge in [-0.1, -0.05) is 0 Å². The number of nitrogens with one attached hydrogen (secondary N) is 1. The molecule has 0 saturated heterocycles. The fourth-order valence-corrected chi connectivity index (χ4v) is 2.44. The van der Waals surface area contributed by atoms with Crippen LogP contribution in [-0.4, -0.2) is 26.8 Å². The molecule has 0 unspecified atom stereocenters. The zero-order valence-corrected chi connectivity index (χ0v) is 10.5. The fraction of sp³-hybridized carbons (Fsp3) is 0.125. The van der Waals surface area contributed by atoms with E-state index in [0.29, 0.717) is 5.82 Å². The van der Waals surface area contributed by atoms with Gasteiger partial charge in [-0.3, -0.25) is 3.97 Å². The van der Waals surface area contributed by atoms with E-state index < -0.39 is 0 Å². The zero-order chi connectivity index (χ0) is 10.7. The van der Waals surface area contributed by atoms with Gasteiger partial charge < -0.3 is 10.1 Å². The molecule has 0 aliphatic carbocycles. The van der Waals surface area contributed by atoms with Crippen LogP contribution in [-0.2, 0) is 4.79 Å². The van der Waals surface area contributed by atoms with Gasteiger partial charge in [-0.05, 0) is 6.07 Å². The first-order chi connectivity index (χ1) is 7.35. The first-order valence-electron chi connectivity index (χ1n) is 4.16. The number of aldehydes is 1. The van der Waals surface area contributed by atoms with Crippen LogP contribution in [0.5, 0.6) is 0 Å². The molecule has 0 atom stereocenters. The van der Waals surface area contributed by atoms with Crippen molar-refractivity contribution in [1.29, 1.82) is 0 Å². The van der Waals surface area contributed by atoms with E-state index in [0.717, 1.165) is 17.5 Å². The quantitative estimate of drug-likeness (QED) is 0.684. The Morgan fingerprint density at radius 1 is 1.67 bits per heavy atom. The van der Waals surface area contributed by atoms with Crippen molar-refractivity contribution in [2.24, 2.45) is 0 Å². The second-order valence-corrected chi connectivity index (χ2v) is 4.44. The Hall–Kier alpha value is -0.830. The smallest absolute Gasteiger partial charge is 0.169 e. The van der Waals surface area contributed by atoms with Crippen LogP contribution in [0.4, 0.5) is 5.82 Å². The van der Waals surface area contributed by atoms with Crippen molar-refractivity contribution in [2.75, 3.05) is 11.9 Å². The van der Waals surface area contributed by atoms with E-state index in [-0.39, 0.29) is 6.54 Å². The van der Waals surface area contributed by atoms with Crippen molar-refractivity contribution in [3.8, 4) is 0 Å². The standard InChI is InChI=1S/C8H7IN4OS/c9-15-13-3-1-6-8(13)11-5-7(12-6)10-2-4-14/h1,3-5H,2H2,(H,10,12). The molecule has 78 valence electrons. The maximum absolute atomic E-state index is 10.2. The third kappa shape index (κ3) is 2.23. The van der Waals surface area contributed by atoms with Gasteiger partial charge in [-0.15, -0.1) is 0 Å². The Labute approximate surface area is 102 Å². The summed E-state index contributed by atoms with van der Waals surface area (Å²) in [5.41, 5.74) is 1.64. The first-order valence-corrected chi connectivity index (χ1v) is 7.47. The van der Waals surface area contributed by atoms with E-state index >= 15 is 0 Å². The van der Waals surface area contributed by atoms with Crippen LogP contribution in [0, 0.1) is 0 Å². The van der Waals surface area contributed by atoms with E-state index in [4.69, 9.17) is 0 Å². The highest BCUT2D eigenvalue weighted by Gasteiger charge is 2.04. The van der Waals surface area contributed by atoms with E-state index in [9.17, 15) is 4.79 Å². The number of carbonyl (C=O) groups excluding carboxylic acids is 1. The van der Waals surface area contributed by atoms with Gasteiger partial charge in [0, 0.05) is 36.5 Å². The molecule has 2 aromatic heterocycles. The van der Waals surface area contributed by atoms with Crippen molar-refractivity contribution >= 4 is 53.6 Å². The van der Waals surface area contributed by atoms with Crippen LogP contribution in [0.3, 0.4) is 0 Å². The van der Waals surface area contributed by atoms with Crippen molar-refractivity contribution < 1.29 is 4.79 Å². The normalized spacial score (nSPS) is 10.5. The van der Waals surface area contributed by atoms with Crippen LogP contribution in [0.25, 0.3) is 11.2 Å². The molecular weight excluding hydrogens is 327 g/mol. The molecule has 5 nitrogen and oxygen atoms in total. The molecule has 15 heavy (non-hydrogen) atoms. The van der Waals surface area contributed by atoms with Crippen molar-refractivity contribution in [3.05, 3.63) is 18.5 Å². The highest BCUT2D eigenvalue weighted by molar-refractivity contribution is 14.2. The third-order valence-electron chi connectivity index (χ3n) is 1.80. The maximum Gasteiger partial charge on any atom is 0.169 e. The number of fused-ring (bicyclic) bond motifs is 1. The van der Waals surface area contributed by atoms with Crippen molar-refractivity contribution in [2.45, 2.75) is 0 Å². The number of carbonyl (C=O) groups is 1.